The molecule has 0 aliphatic heterocycles. The molecule has 1 fully saturated rings. The second-order valence-electron chi connectivity index (χ2n) is 4.91. The number of aromatic nitrogens is 2. The van der Waals surface area contributed by atoms with Crippen LogP contribution in [0.2, 0.25) is 0 Å². The van der Waals surface area contributed by atoms with Gasteiger partial charge < -0.3 is 15.0 Å². The summed E-state index contributed by atoms with van der Waals surface area (Å²) < 4.78 is 5.47. The lowest BCUT2D eigenvalue weighted by molar-refractivity contribution is 0.0906. The Kier molecular flexibility index (Phi) is 3.46. The van der Waals surface area contributed by atoms with Gasteiger partial charge in [0.2, 0.25) is 0 Å². The third-order valence-corrected chi connectivity index (χ3v) is 3.26. The molecule has 0 spiro atoms. The van der Waals surface area contributed by atoms with Crippen molar-refractivity contribution < 1.29 is 9.53 Å². The van der Waals surface area contributed by atoms with E-state index in [9.17, 15) is 4.79 Å². The van der Waals surface area contributed by atoms with Crippen molar-refractivity contribution in [3.8, 4) is 0 Å². The smallest absolute Gasteiger partial charge is 0.251 e. The second kappa shape index (κ2) is 5.40. The van der Waals surface area contributed by atoms with Gasteiger partial charge in [-0.25, -0.2) is 4.98 Å². The van der Waals surface area contributed by atoms with Crippen molar-refractivity contribution in [2.24, 2.45) is 5.92 Å². The summed E-state index contributed by atoms with van der Waals surface area (Å²) in [7, 11) is 0. The first-order valence-electron chi connectivity index (χ1n) is 6.62. The number of rotatable bonds is 6. The van der Waals surface area contributed by atoms with Crippen LogP contribution in [0.15, 0.2) is 24.5 Å². The Hall–Kier alpha value is -1.88. The molecule has 0 bridgehead atoms. The molecular formula is C14H17N3O2. The zero-order valence-electron chi connectivity index (χ0n) is 10.7. The molecule has 3 rings (SSSR count). The van der Waals surface area contributed by atoms with E-state index in [0.29, 0.717) is 18.7 Å². The lowest BCUT2D eigenvalue weighted by atomic mass is 10.2. The van der Waals surface area contributed by atoms with E-state index >= 15 is 0 Å². The minimum absolute atomic E-state index is 0.0773. The summed E-state index contributed by atoms with van der Waals surface area (Å²) in [6.07, 6.45) is 4.20. The highest BCUT2D eigenvalue weighted by Crippen LogP contribution is 2.28. The topological polar surface area (TPSA) is 67.0 Å². The Morgan fingerprint density at radius 3 is 3.21 bits per heavy atom. The van der Waals surface area contributed by atoms with E-state index in [2.05, 4.69) is 15.3 Å². The molecule has 1 amide bonds. The van der Waals surface area contributed by atoms with E-state index in [-0.39, 0.29) is 5.91 Å². The minimum atomic E-state index is -0.0773. The van der Waals surface area contributed by atoms with Gasteiger partial charge in [0.1, 0.15) is 0 Å². The van der Waals surface area contributed by atoms with Crippen molar-refractivity contribution >= 4 is 16.9 Å². The average Bonchev–Trinajstić information content (AvgIpc) is 3.13. The van der Waals surface area contributed by atoms with Crippen LogP contribution in [0.4, 0.5) is 0 Å². The molecule has 1 heterocycles. The molecule has 1 saturated carbocycles. The molecule has 2 aromatic rings. The number of hydrogen-bond donors (Lipinski definition) is 2. The van der Waals surface area contributed by atoms with Crippen LogP contribution in [0.1, 0.15) is 23.2 Å². The van der Waals surface area contributed by atoms with Crippen LogP contribution in [0.25, 0.3) is 11.0 Å². The number of amides is 1. The van der Waals surface area contributed by atoms with Crippen LogP contribution in [0, 0.1) is 5.92 Å². The first kappa shape index (κ1) is 12.2. The largest absolute Gasteiger partial charge is 0.379 e. The molecule has 5 heteroatoms. The fraction of sp³-hybridized carbons (Fsp3) is 0.429. The van der Waals surface area contributed by atoms with Crippen molar-refractivity contribution in [2.75, 3.05) is 19.8 Å². The SMILES string of the molecule is O=C(NCCOCC1CC1)c1ccc2nc[nH]c2c1. The predicted octanol–water partition coefficient (Wildman–Crippen LogP) is 1.72. The van der Waals surface area contributed by atoms with Gasteiger partial charge in [-0.3, -0.25) is 4.79 Å². The number of carbonyl (C=O) groups is 1. The zero-order valence-corrected chi connectivity index (χ0v) is 10.7. The molecule has 1 aromatic heterocycles. The third kappa shape index (κ3) is 3.12. The zero-order chi connectivity index (χ0) is 13.1. The number of nitrogens with zero attached hydrogens (tertiary/aromatic N) is 1. The Bertz CT molecular complexity index is 575. The molecule has 2 N–H and O–H groups in total. The first-order chi connectivity index (χ1) is 9.33. The maximum atomic E-state index is 11.9. The second-order valence-corrected chi connectivity index (χ2v) is 4.91. The summed E-state index contributed by atoms with van der Waals surface area (Å²) in [5.41, 5.74) is 2.38. The Balaban J connectivity index is 1.48. The van der Waals surface area contributed by atoms with Crippen molar-refractivity contribution in [3.05, 3.63) is 30.1 Å². The normalized spacial score (nSPS) is 14.7. The van der Waals surface area contributed by atoms with Gasteiger partial charge in [-0.05, 0) is 37.0 Å². The van der Waals surface area contributed by atoms with Gasteiger partial charge in [0, 0.05) is 18.7 Å². The maximum absolute atomic E-state index is 11.9. The Morgan fingerprint density at radius 1 is 1.47 bits per heavy atom. The van der Waals surface area contributed by atoms with E-state index in [1.54, 1.807) is 12.4 Å². The fourth-order valence-electron chi connectivity index (χ4n) is 1.95. The highest BCUT2D eigenvalue weighted by molar-refractivity contribution is 5.97. The minimum Gasteiger partial charge on any atom is -0.379 e. The number of imidazole rings is 1. The maximum Gasteiger partial charge on any atom is 0.251 e. The summed E-state index contributed by atoms with van der Waals surface area (Å²) in [4.78, 5) is 19.0. The van der Waals surface area contributed by atoms with Gasteiger partial charge >= 0.3 is 0 Å². The van der Waals surface area contributed by atoms with Crippen molar-refractivity contribution in [1.29, 1.82) is 0 Å². The lowest BCUT2D eigenvalue weighted by Gasteiger charge is -2.06. The number of aromatic amines is 1. The van der Waals surface area contributed by atoms with E-state index in [4.69, 9.17) is 4.74 Å². The molecule has 1 aliphatic rings. The number of carbonyl (C=O) groups excluding carboxylic acids is 1. The summed E-state index contributed by atoms with van der Waals surface area (Å²) in [5.74, 6) is 0.685. The molecular weight excluding hydrogens is 242 g/mol. The van der Waals surface area contributed by atoms with Gasteiger partial charge in [-0.15, -0.1) is 0 Å². The van der Waals surface area contributed by atoms with Gasteiger partial charge in [0.25, 0.3) is 5.91 Å². The van der Waals surface area contributed by atoms with Crippen LogP contribution < -0.4 is 5.32 Å². The van der Waals surface area contributed by atoms with Gasteiger partial charge in [0.05, 0.1) is 24.0 Å². The first-order valence-corrected chi connectivity index (χ1v) is 6.62. The quantitative estimate of drug-likeness (QED) is 0.776. The monoisotopic (exact) mass is 259 g/mol. The number of benzene rings is 1. The van der Waals surface area contributed by atoms with E-state index in [1.807, 2.05) is 12.1 Å². The Labute approximate surface area is 111 Å². The summed E-state index contributed by atoms with van der Waals surface area (Å²) in [6, 6.07) is 5.43. The van der Waals surface area contributed by atoms with Crippen LogP contribution in [-0.4, -0.2) is 35.6 Å². The number of hydrogen-bond acceptors (Lipinski definition) is 3. The van der Waals surface area contributed by atoms with Crippen molar-refractivity contribution in [2.45, 2.75) is 12.8 Å². The molecule has 1 aliphatic carbocycles. The highest BCUT2D eigenvalue weighted by atomic mass is 16.5. The highest BCUT2D eigenvalue weighted by Gasteiger charge is 2.20. The number of ether oxygens (including phenoxy) is 1. The number of H-pyrrole nitrogens is 1. The number of fused-ring (bicyclic) bond motifs is 1. The fourth-order valence-corrected chi connectivity index (χ4v) is 1.95. The standard InChI is InChI=1S/C14H17N3O2/c18-14(15-5-6-19-8-10-1-2-10)11-3-4-12-13(7-11)17-9-16-12/h3-4,7,9-10H,1-2,5-6,8H2,(H,15,18)(H,16,17). The van der Waals surface area contributed by atoms with Gasteiger partial charge in [0.15, 0.2) is 0 Å². The van der Waals surface area contributed by atoms with Crippen LogP contribution in [-0.2, 0) is 4.74 Å². The molecule has 0 unspecified atom stereocenters. The van der Waals surface area contributed by atoms with Crippen molar-refractivity contribution in [1.82, 2.24) is 15.3 Å². The molecule has 0 atom stereocenters. The molecule has 100 valence electrons. The molecule has 19 heavy (non-hydrogen) atoms. The average molecular weight is 259 g/mol. The molecule has 0 saturated heterocycles. The summed E-state index contributed by atoms with van der Waals surface area (Å²) in [6.45, 7) is 1.96. The lowest BCUT2D eigenvalue weighted by Crippen LogP contribution is -2.27. The van der Waals surface area contributed by atoms with Crippen LogP contribution >= 0.6 is 0 Å². The molecule has 1 aromatic carbocycles. The molecule has 0 radical (unpaired) electrons. The van der Waals surface area contributed by atoms with Crippen LogP contribution in [0.5, 0.6) is 0 Å². The van der Waals surface area contributed by atoms with E-state index in [1.165, 1.54) is 12.8 Å². The molecule has 5 nitrogen and oxygen atoms in total. The van der Waals surface area contributed by atoms with Gasteiger partial charge in [-0.2, -0.15) is 0 Å². The summed E-state index contributed by atoms with van der Waals surface area (Å²) in [5, 5.41) is 2.85. The third-order valence-electron chi connectivity index (χ3n) is 3.26. The van der Waals surface area contributed by atoms with Crippen LogP contribution in [0.3, 0.4) is 0 Å². The van der Waals surface area contributed by atoms with Gasteiger partial charge in [-0.1, -0.05) is 0 Å². The van der Waals surface area contributed by atoms with E-state index < -0.39 is 0 Å². The number of nitrogens with one attached hydrogen (secondary N) is 2. The van der Waals surface area contributed by atoms with E-state index in [0.717, 1.165) is 23.6 Å². The predicted molar refractivity (Wildman–Crippen MR) is 72.0 cm³/mol. The summed E-state index contributed by atoms with van der Waals surface area (Å²) >= 11 is 0. The Morgan fingerprint density at radius 2 is 2.37 bits per heavy atom. The van der Waals surface area contributed by atoms with Crippen molar-refractivity contribution in [3.63, 3.8) is 0 Å².